The summed E-state index contributed by atoms with van der Waals surface area (Å²) in [7, 11) is 0. The summed E-state index contributed by atoms with van der Waals surface area (Å²) in [4.78, 5) is 2.50. The van der Waals surface area contributed by atoms with Crippen molar-refractivity contribution in [3.05, 3.63) is 89.5 Å². The average Bonchev–Trinajstić information content (AvgIpc) is 2.93. The van der Waals surface area contributed by atoms with Gasteiger partial charge < -0.3 is 19.3 Å². The Kier molecular flexibility index (Phi) is 8.42. The monoisotopic (exact) mass is 487 g/mol. The van der Waals surface area contributed by atoms with E-state index in [9.17, 15) is 5.11 Å². The average molecular weight is 488 g/mol. The van der Waals surface area contributed by atoms with Crippen LogP contribution >= 0.6 is 0 Å². The van der Waals surface area contributed by atoms with Crippen LogP contribution in [-0.2, 0) is 4.74 Å². The van der Waals surface area contributed by atoms with Crippen LogP contribution in [0.25, 0.3) is 0 Å². The molecule has 1 N–H and O–H groups in total. The van der Waals surface area contributed by atoms with Crippen molar-refractivity contribution in [3.63, 3.8) is 0 Å². The van der Waals surface area contributed by atoms with Crippen molar-refractivity contribution in [2.24, 2.45) is 0 Å². The second-order valence-corrected chi connectivity index (χ2v) is 9.81. The largest absolute Gasteiger partial charge is 0.508 e. The van der Waals surface area contributed by atoms with Crippen LogP contribution in [0.5, 0.6) is 17.2 Å². The van der Waals surface area contributed by atoms with Gasteiger partial charge in [-0.1, -0.05) is 61.4 Å². The van der Waals surface area contributed by atoms with Crippen LogP contribution in [0.2, 0.25) is 0 Å². The number of hydrogen-bond acceptors (Lipinski definition) is 5. The zero-order valence-electron chi connectivity index (χ0n) is 21.0. The Morgan fingerprint density at radius 2 is 1.61 bits per heavy atom. The summed E-state index contributed by atoms with van der Waals surface area (Å²) >= 11 is 0. The van der Waals surface area contributed by atoms with Crippen molar-refractivity contribution < 1.29 is 19.3 Å². The highest BCUT2D eigenvalue weighted by Crippen LogP contribution is 2.47. The van der Waals surface area contributed by atoms with Crippen LogP contribution < -0.4 is 9.47 Å². The van der Waals surface area contributed by atoms with Gasteiger partial charge in [0, 0.05) is 36.6 Å². The first-order valence-electron chi connectivity index (χ1n) is 13.3. The molecule has 0 bridgehead atoms. The fourth-order valence-electron chi connectivity index (χ4n) is 5.38. The molecule has 0 radical (unpaired) electrons. The Bertz CT molecular complexity index is 1080. The van der Waals surface area contributed by atoms with E-state index in [0.29, 0.717) is 6.61 Å². The zero-order chi connectivity index (χ0) is 24.6. The van der Waals surface area contributed by atoms with Gasteiger partial charge in [-0.25, -0.2) is 0 Å². The van der Waals surface area contributed by atoms with E-state index < -0.39 is 0 Å². The molecule has 5 rings (SSSR count). The number of rotatable bonds is 10. The Morgan fingerprint density at radius 1 is 0.833 bits per heavy atom. The maximum Gasteiger partial charge on any atom is 0.126 e. The molecule has 36 heavy (non-hydrogen) atoms. The van der Waals surface area contributed by atoms with Gasteiger partial charge in [-0.05, 0) is 48.7 Å². The third-order valence-corrected chi connectivity index (χ3v) is 7.36. The van der Waals surface area contributed by atoms with E-state index in [1.54, 1.807) is 12.1 Å². The molecule has 5 heteroatoms. The summed E-state index contributed by atoms with van der Waals surface area (Å²) in [5, 5.41) is 9.97. The van der Waals surface area contributed by atoms with Crippen molar-refractivity contribution in [1.29, 1.82) is 0 Å². The highest BCUT2D eigenvalue weighted by atomic mass is 16.5. The van der Waals surface area contributed by atoms with Crippen LogP contribution in [0.15, 0.2) is 72.8 Å². The number of benzene rings is 3. The molecule has 2 aliphatic rings. The van der Waals surface area contributed by atoms with Crippen molar-refractivity contribution >= 4 is 0 Å². The summed E-state index contributed by atoms with van der Waals surface area (Å²) < 4.78 is 17.6. The van der Waals surface area contributed by atoms with Crippen LogP contribution in [0.3, 0.4) is 0 Å². The maximum absolute atomic E-state index is 9.97. The van der Waals surface area contributed by atoms with E-state index in [1.807, 2.05) is 12.1 Å². The van der Waals surface area contributed by atoms with Gasteiger partial charge in [-0.3, -0.25) is 4.90 Å². The fraction of sp³-hybridized carbons (Fsp3) is 0.419. The van der Waals surface area contributed by atoms with E-state index in [-0.39, 0.29) is 17.6 Å². The number of ether oxygens (including phenoxy) is 3. The normalized spacial score (nSPS) is 19.9. The third-order valence-electron chi connectivity index (χ3n) is 7.36. The van der Waals surface area contributed by atoms with Crippen LogP contribution in [0.1, 0.15) is 54.2 Å². The van der Waals surface area contributed by atoms with E-state index >= 15 is 0 Å². The molecule has 3 aromatic carbocycles. The molecule has 0 aliphatic carbocycles. The lowest BCUT2D eigenvalue weighted by atomic mass is 9.76. The zero-order valence-corrected chi connectivity index (χ0v) is 21.0. The lowest BCUT2D eigenvalue weighted by Gasteiger charge is -2.34. The van der Waals surface area contributed by atoms with Crippen LogP contribution in [-0.4, -0.2) is 56.1 Å². The summed E-state index contributed by atoms with van der Waals surface area (Å²) in [6, 6.07) is 24.6. The number of hydrogen-bond donors (Lipinski definition) is 1. The molecule has 1 fully saturated rings. The van der Waals surface area contributed by atoms with E-state index in [1.165, 1.54) is 36.9 Å². The fourth-order valence-corrected chi connectivity index (χ4v) is 5.38. The van der Waals surface area contributed by atoms with E-state index in [4.69, 9.17) is 14.2 Å². The molecule has 0 saturated carbocycles. The van der Waals surface area contributed by atoms with Gasteiger partial charge in [0.05, 0.1) is 26.4 Å². The standard InChI is InChI=1S/C31H37NO4/c33-26-12-15-28-30(22-26)36-23-29(24-8-4-3-5-9-24)31(28)25-10-13-27(14-11-25)35-19-7-2-1-6-16-32-17-20-34-21-18-32/h3-5,8-15,22,29,31,33H,1-2,6-7,16-21,23H2. The smallest absolute Gasteiger partial charge is 0.126 e. The van der Waals surface area contributed by atoms with Crippen molar-refractivity contribution in [2.75, 3.05) is 46.1 Å². The van der Waals surface area contributed by atoms with Gasteiger partial charge >= 0.3 is 0 Å². The number of phenols is 1. The summed E-state index contributed by atoms with van der Waals surface area (Å²) in [6.45, 7) is 6.43. The predicted octanol–water partition coefficient (Wildman–Crippen LogP) is 5.97. The SMILES string of the molecule is Oc1ccc2c(c1)OCC(c1ccccc1)C2c1ccc(OCCCCCCN2CCOCC2)cc1. The van der Waals surface area contributed by atoms with Gasteiger partial charge in [-0.15, -0.1) is 0 Å². The Labute approximate surface area is 214 Å². The summed E-state index contributed by atoms with van der Waals surface area (Å²) in [5.74, 6) is 2.27. The number of morpholine rings is 1. The van der Waals surface area contributed by atoms with Crippen molar-refractivity contribution in [1.82, 2.24) is 4.90 Å². The number of nitrogens with zero attached hydrogens (tertiary/aromatic N) is 1. The van der Waals surface area contributed by atoms with Crippen LogP contribution in [0.4, 0.5) is 0 Å². The second kappa shape index (κ2) is 12.3. The Balaban J connectivity index is 1.17. The maximum atomic E-state index is 9.97. The lowest BCUT2D eigenvalue weighted by Crippen LogP contribution is -2.36. The van der Waals surface area contributed by atoms with Gasteiger partial charge in [-0.2, -0.15) is 0 Å². The molecule has 0 spiro atoms. The number of aromatic hydroxyl groups is 1. The molecule has 5 nitrogen and oxygen atoms in total. The quantitative estimate of drug-likeness (QED) is 0.357. The molecule has 1 saturated heterocycles. The molecule has 0 amide bonds. The first kappa shape index (κ1) is 24.7. The topological polar surface area (TPSA) is 51.2 Å². The van der Waals surface area contributed by atoms with Gasteiger partial charge in [0.1, 0.15) is 17.2 Å². The molecule has 0 aromatic heterocycles. The molecule has 2 heterocycles. The molecule has 2 atom stereocenters. The molecule has 3 aromatic rings. The molecular weight excluding hydrogens is 450 g/mol. The van der Waals surface area contributed by atoms with Gasteiger partial charge in [0.25, 0.3) is 0 Å². The van der Waals surface area contributed by atoms with Crippen molar-refractivity contribution in [2.45, 2.75) is 37.5 Å². The molecule has 190 valence electrons. The van der Waals surface area contributed by atoms with Crippen LogP contribution in [0, 0.1) is 0 Å². The summed E-state index contributed by atoms with van der Waals surface area (Å²) in [5.41, 5.74) is 3.60. The third kappa shape index (κ3) is 6.21. The summed E-state index contributed by atoms with van der Waals surface area (Å²) in [6.07, 6.45) is 4.78. The van der Waals surface area contributed by atoms with Gasteiger partial charge in [0.15, 0.2) is 0 Å². The minimum absolute atomic E-state index is 0.150. The first-order valence-corrected chi connectivity index (χ1v) is 13.3. The van der Waals surface area contributed by atoms with E-state index in [2.05, 4.69) is 53.4 Å². The Morgan fingerprint density at radius 3 is 2.42 bits per heavy atom. The van der Waals surface area contributed by atoms with Crippen molar-refractivity contribution in [3.8, 4) is 17.2 Å². The first-order chi connectivity index (χ1) is 17.8. The number of fused-ring (bicyclic) bond motifs is 1. The van der Waals surface area contributed by atoms with E-state index in [0.717, 1.165) is 56.4 Å². The molecule has 2 unspecified atom stereocenters. The highest BCUT2D eigenvalue weighted by Gasteiger charge is 2.33. The highest BCUT2D eigenvalue weighted by molar-refractivity contribution is 5.50. The second-order valence-electron chi connectivity index (χ2n) is 9.81. The lowest BCUT2D eigenvalue weighted by molar-refractivity contribution is 0.0371. The van der Waals surface area contributed by atoms with Gasteiger partial charge in [0.2, 0.25) is 0 Å². The minimum Gasteiger partial charge on any atom is -0.508 e. The number of unbranched alkanes of at least 4 members (excludes halogenated alkanes) is 3. The minimum atomic E-state index is 0.150. The molecule has 2 aliphatic heterocycles. The Hall–Kier alpha value is -3.02. The number of phenolic OH excluding ortho intramolecular Hbond substituents is 1. The predicted molar refractivity (Wildman–Crippen MR) is 142 cm³/mol. The molecular formula is C31H37NO4.